The van der Waals surface area contributed by atoms with Gasteiger partial charge in [0.1, 0.15) is 18.1 Å². The smallest absolute Gasteiger partial charge is 0.239 e. The van der Waals surface area contributed by atoms with Crippen LogP contribution in [0.4, 0.5) is 25.8 Å². The second-order valence-corrected chi connectivity index (χ2v) is 8.69. The molecule has 3 aromatic rings. The van der Waals surface area contributed by atoms with E-state index in [1.54, 1.807) is 18.3 Å². The van der Waals surface area contributed by atoms with Crippen molar-refractivity contribution in [1.82, 2.24) is 14.7 Å². The minimum absolute atomic E-state index is 0.00408. The third kappa shape index (κ3) is 5.97. The number of amidine groups is 1. The van der Waals surface area contributed by atoms with Gasteiger partial charge in [-0.25, -0.2) is 13.8 Å². The van der Waals surface area contributed by atoms with Crippen LogP contribution in [0.1, 0.15) is 12.0 Å². The number of benzene rings is 2. The molecule has 0 unspecified atom stereocenters. The Morgan fingerprint density at radius 2 is 2.08 bits per heavy atom. The number of anilines is 2. The second kappa shape index (κ2) is 11.2. The van der Waals surface area contributed by atoms with Gasteiger partial charge in [0.05, 0.1) is 44.2 Å². The number of nitrogens with two attached hydrogens (primary N) is 1. The third-order valence-corrected chi connectivity index (χ3v) is 5.63. The quantitative estimate of drug-likeness (QED) is 0.401. The number of fused-ring (bicyclic) bond motifs is 1. The van der Waals surface area contributed by atoms with Crippen molar-refractivity contribution in [1.29, 1.82) is 0 Å². The standard InChI is InChI=1S/C25H29F2N7O3/c1-32(2)8-5-9-37-22-11-19-17(10-21(22)36-3)25(31-16-12-30-33(13-16)14-23(28)35)34(15-29-19)20-7-4-6-18(26)24(20)27/h4,6-7,10-13,29H,5,8-9,14-15H2,1-3H3,(H2,28,35). The van der Waals surface area contributed by atoms with Gasteiger partial charge in [-0.1, -0.05) is 6.07 Å². The van der Waals surface area contributed by atoms with Gasteiger partial charge in [-0.05, 0) is 38.7 Å². The number of halogens is 2. The van der Waals surface area contributed by atoms with Crippen LogP contribution in [-0.2, 0) is 11.3 Å². The summed E-state index contributed by atoms with van der Waals surface area (Å²) in [6.45, 7) is 1.36. The minimum atomic E-state index is -1.00. The molecule has 2 aromatic carbocycles. The summed E-state index contributed by atoms with van der Waals surface area (Å²) in [4.78, 5) is 19.6. The molecule has 3 N–H and O–H groups in total. The highest BCUT2D eigenvalue weighted by atomic mass is 19.2. The van der Waals surface area contributed by atoms with E-state index in [2.05, 4.69) is 15.3 Å². The molecule has 0 spiro atoms. The summed E-state index contributed by atoms with van der Waals surface area (Å²) in [5.74, 6) is -1.19. The minimum Gasteiger partial charge on any atom is -0.493 e. The Labute approximate surface area is 213 Å². The van der Waals surface area contributed by atoms with Crippen LogP contribution in [0.25, 0.3) is 0 Å². The van der Waals surface area contributed by atoms with E-state index in [-0.39, 0.29) is 18.9 Å². The molecule has 1 aliphatic heterocycles. The van der Waals surface area contributed by atoms with Crippen molar-refractivity contribution >= 4 is 28.8 Å². The fourth-order valence-corrected chi connectivity index (χ4v) is 3.91. The topological polar surface area (TPSA) is 110 Å². The average Bonchev–Trinajstić information content (AvgIpc) is 3.29. The predicted molar refractivity (Wildman–Crippen MR) is 137 cm³/mol. The number of rotatable bonds is 10. The Morgan fingerprint density at radius 1 is 1.27 bits per heavy atom. The lowest BCUT2D eigenvalue weighted by atomic mass is 10.1. The first-order valence-electron chi connectivity index (χ1n) is 11.6. The summed E-state index contributed by atoms with van der Waals surface area (Å²) in [5.41, 5.74) is 6.92. The van der Waals surface area contributed by atoms with Crippen molar-refractivity contribution in [2.75, 3.05) is 51.2 Å². The Hall–Kier alpha value is -4.19. The lowest BCUT2D eigenvalue weighted by Crippen LogP contribution is -2.41. The van der Waals surface area contributed by atoms with Gasteiger partial charge in [0.15, 0.2) is 23.1 Å². The van der Waals surface area contributed by atoms with Gasteiger partial charge < -0.3 is 30.3 Å². The second-order valence-electron chi connectivity index (χ2n) is 8.69. The monoisotopic (exact) mass is 513 g/mol. The van der Waals surface area contributed by atoms with Crippen molar-refractivity contribution in [3.63, 3.8) is 0 Å². The van der Waals surface area contributed by atoms with E-state index in [0.29, 0.717) is 40.9 Å². The van der Waals surface area contributed by atoms with E-state index < -0.39 is 17.5 Å². The summed E-state index contributed by atoms with van der Waals surface area (Å²) in [6, 6.07) is 7.49. The summed E-state index contributed by atoms with van der Waals surface area (Å²) >= 11 is 0. The number of nitrogens with zero attached hydrogens (tertiary/aromatic N) is 5. The number of hydrogen-bond acceptors (Lipinski definition) is 7. The number of aliphatic imine (C=N–C) groups is 1. The molecule has 1 aromatic heterocycles. The molecule has 0 saturated heterocycles. The van der Waals surface area contributed by atoms with Gasteiger partial charge in [-0.3, -0.25) is 9.48 Å². The fourth-order valence-electron chi connectivity index (χ4n) is 3.91. The Morgan fingerprint density at radius 3 is 2.81 bits per heavy atom. The zero-order valence-corrected chi connectivity index (χ0v) is 20.9. The number of carbonyl (C=O) groups excluding carboxylic acids is 1. The maximum absolute atomic E-state index is 14.8. The zero-order valence-electron chi connectivity index (χ0n) is 20.9. The molecule has 0 radical (unpaired) electrons. The van der Waals surface area contributed by atoms with Crippen molar-refractivity contribution < 1.29 is 23.0 Å². The summed E-state index contributed by atoms with van der Waals surface area (Å²) in [6.07, 6.45) is 3.82. The fraction of sp³-hybridized carbons (Fsp3) is 0.320. The van der Waals surface area contributed by atoms with Gasteiger partial charge in [-0.2, -0.15) is 5.10 Å². The summed E-state index contributed by atoms with van der Waals surface area (Å²) in [7, 11) is 5.52. The van der Waals surface area contributed by atoms with E-state index in [0.717, 1.165) is 19.0 Å². The highest BCUT2D eigenvalue weighted by Gasteiger charge is 2.29. The Balaban J connectivity index is 1.76. The van der Waals surface area contributed by atoms with Crippen LogP contribution in [0.2, 0.25) is 0 Å². The van der Waals surface area contributed by atoms with Crippen molar-refractivity contribution in [3.05, 3.63) is 59.9 Å². The Kier molecular flexibility index (Phi) is 7.87. The van der Waals surface area contributed by atoms with Crippen molar-refractivity contribution in [3.8, 4) is 11.5 Å². The van der Waals surface area contributed by atoms with Gasteiger partial charge >= 0.3 is 0 Å². The lowest BCUT2D eigenvalue weighted by molar-refractivity contribution is -0.118. The molecule has 1 aliphatic rings. The first kappa shape index (κ1) is 25.9. The van der Waals surface area contributed by atoms with E-state index in [1.807, 2.05) is 14.1 Å². The molecule has 37 heavy (non-hydrogen) atoms. The molecule has 2 heterocycles. The maximum Gasteiger partial charge on any atom is 0.239 e. The molecule has 0 aliphatic carbocycles. The predicted octanol–water partition coefficient (Wildman–Crippen LogP) is 2.95. The van der Waals surface area contributed by atoms with Gasteiger partial charge in [0, 0.05) is 18.2 Å². The number of aromatic nitrogens is 2. The maximum atomic E-state index is 14.8. The first-order valence-corrected chi connectivity index (χ1v) is 11.6. The normalized spacial score (nSPS) is 14.0. The molecule has 0 fully saturated rings. The van der Waals surface area contributed by atoms with E-state index in [1.165, 1.54) is 35.0 Å². The van der Waals surface area contributed by atoms with Crippen LogP contribution < -0.4 is 25.4 Å². The number of nitrogens with one attached hydrogen (secondary N) is 1. The molecular formula is C25H29F2N7O3. The van der Waals surface area contributed by atoms with Crippen LogP contribution in [0.3, 0.4) is 0 Å². The van der Waals surface area contributed by atoms with Crippen LogP contribution in [0.15, 0.2) is 47.7 Å². The SMILES string of the molecule is COc1cc2c(cc1OCCCN(C)C)NCN(c1cccc(F)c1F)C2=Nc1cnn(CC(N)=O)c1. The number of hydrogen-bond donors (Lipinski definition) is 2. The Bertz CT molecular complexity index is 1310. The van der Waals surface area contributed by atoms with Gasteiger partial charge in [-0.15, -0.1) is 0 Å². The van der Waals surface area contributed by atoms with Crippen LogP contribution >= 0.6 is 0 Å². The van der Waals surface area contributed by atoms with E-state index >= 15 is 0 Å². The average molecular weight is 514 g/mol. The number of primary amides is 1. The number of carbonyl (C=O) groups is 1. The molecule has 0 saturated carbocycles. The molecule has 12 heteroatoms. The molecular weight excluding hydrogens is 484 g/mol. The molecule has 4 rings (SSSR count). The molecule has 1 amide bonds. The van der Waals surface area contributed by atoms with Gasteiger partial charge in [0.2, 0.25) is 5.91 Å². The zero-order chi connectivity index (χ0) is 26.5. The molecule has 196 valence electrons. The van der Waals surface area contributed by atoms with Crippen LogP contribution in [-0.4, -0.2) is 67.4 Å². The molecule has 10 nitrogen and oxygen atoms in total. The lowest BCUT2D eigenvalue weighted by Gasteiger charge is -2.33. The van der Waals surface area contributed by atoms with Crippen molar-refractivity contribution in [2.24, 2.45) is 10.7 Å². The summed E-state index contributed by atoms with van der Waals surface area (Å²) in [5, 5.41) is 7.34. The number of methoxy groups -OCH3 is 1. The first-order chi connectivity index (χ1) is 17.8. The third-order valence-electron chi connectivity index (χ3n) is 5.63. The van der Waals surface area contributed by atoms with E-state index in [4.69, 9.17) is 20.2 Å². The number of amides is 1. The largest absolute Gasteiger partial charge is 0.493 e. The van der Waals surface area contributed by atoms with Gasteiger partial charge in [0.25, 0.3) is 0 Å². The number of ether oxygens (including phenoxy) is 2. The molecule has 0 bridgehead atoms. The van der Waals surface area contributed by atoms with Crippen LogP contribution in [0.5, 0.6) is 11.5 Å². The summed E-state index contributed by atoms with van der Waals surface area (Å²) < 4.78 is 41.9. The molecule has 0 atom stereocenters. The van der Waals surface area contributed by atoms with E-state index in [9.17, 15) is 13.6 Å². The highest BCUT2D eigenvalue weighted by molar-refractivity contribution is 6.16. The highest BCUT2D eigenvalue weighted by Crippen LogP contribution is 2.38. The van der Waals surface area contributed by atoms with Crippen LogP contribution in [0, 0.1) is 11.6 Å². The van der Waals surface area contributed by atoms with Crippen molar-refractivity contribution in [2.45, 2.75) is 13.0 Å².